The SMILES string of the molecule is CCn1cc(C(=O)O)c(=O)c2c1c(C(=O)c1ccccc1)c(C)n2C. The summed E-state index contributed by atoms with van der Waals surface area (Å²) in [6.45, 7) is 4.04. The van der Waals surface area contributed by atoms with Gasteiger partial charge in [-0.05, 0) is 13.8 Å². The summed E-state index contributed by atoms with van der Waals surface area (Å²) >= 11 is 0. The van der Waals surface area contributed by atoms with Gasteiger partial charge in [-0.3, -0.25) is 9.59 Å². The first kappa shape index (κ1) is 16.7. The fraction of sp³-hybridized carbons (Fsp3) is 0.211. The molecule has 6 nitrogen and oxygen atoms in total. The summed E-state index contributed by atoms with van der Waals surface area (Å²) in [6, 6.07) is 8.83. The van der Waals surface area contributed by atoms with Crippen LogP contribution >= 0.6 is 0 Å². The van der Waals surface area contributed by atoms with Crippen molar-refractivity contribution in [2.45, 2.75) is 20.4 Å². The number of fused-ring (bicyclic) bond motifs is 1. The van der Waals surface area contributed by atoms with E-state index >= 15 is 0 Å². The Balaban J connectivity index is 2.44. The van der Waals surface area contributed by atoms with Gasteiger partial charge in [-0.2, -0.15) is 0 Å². The number of carboxylic acids is 1. The molecule has 3 aromatic rings. The molecule has 0 amide bonds. The van der Waals surface area contributed by atoms with Crippen molar-refractivity contribution in [2.24, 2.45) is 7.05 Å². The quantitative estimate of drug-likeness (QED) is 0.742. The van der Waals surface area contributed by atoms with Gasteiger partial charge in [-0.1, -0.05) is 30.3 Å². The third-order valence-corrected chi connectivity index (χ3v) is 4.53. The smallest absolute Gasteiger partial charge is 0.341 e. The van der Waals surface area contributed by atoms with Crippen molar-refractivity contribution < 1.29 is 14.7 Å². The van der Waals surface area contributed by atoms with Crippen LogP contribution in [0.2, 0.25) is 0 Å². The number of aromatic nitrogens is 2. The molecule has 0 radical (unpaired) electrons. The van der Waals surface area contributed by atoms with Crippen molar-refractivity contribution >= 4 is 22.8 Å². The van der Waals surface area contributed by atoms with Crippen molar-refractivity contribution in [3.63, 3.8) is 0 Å². The normalized spacial score (nSPS) is 11.0. The van der Waals surface area contributed by atoms with Crippen LogP contribution in [0.3, 0.4) is 0 Å². The average Bonchev–Trinajstić information content (AvgIpc) is 2.87. The molecule has 0 atom stereocenters. The second kappa shape index (κ2) is 6.05. The molecule has 0 saturated heterocycles. The maximum Gasteiger partial charge on any atom is 0.341 e. The van der Waals surface area contributed by atoms with Crippen LogP contribution in [-0.4, -0.2) is 26.0 Å². The van der Waals surface area contributed by atoms with Crippen LogP contribution in [0.15, 0.2) is 41.3 Å². The summed E-state index contributed by atoms with van der Waals surface area (Å²) in [5.41, 5.74) is 1.42. The molecule has 25 heavy (non-hydrogen) atoms. The molecule has 3 rings (SSSR count). The summed E-state index contributed by atoms with van der Waals surface area (Å²) in [5.74, 6) is -1.46. The molecular weight excluding hydrogens is 320 g/mol. The third kappa shape index (κ3) is 2.46. The van der Waals surface area contributed by atoms with E-state index in [0.717, 1.165) is 0 Å². The second-order valence-corrected chi connectivity index (χ2v) is 5.87. The lowest BCUT2D eigenvalue weighted by Crippen LogP contribution is -2.20. The first-order valence-electron chi connectivity index (χ1n) is 7.93. The van der Waals surface area contributed by atoms with E-state index < -0.39 is 11.4 Å². The molecule has 1 N–H and O–H groups in total. The number of carboxylic acid groups (broad SMARTS) is 1. The Kier molecular flexibility index (Phi) is 4.04. The average molecular weight is 338 g/mol. The fourth-order valence-electron chi connectivity index (χ4n) is 3.14. The molecule has 0 aliphatic carbocycles. The number of nitrogens with zero attached hydrogens (tertiary/aromatic N) is 2. The van der Waals surface area contributed by atoms with Gasteiger partial charge in [-0.15, -0.1) is 0 Å². The van der Waals surface area contributed by atoms with Gasteiger partial charge in [0.15, 0.2) is 5.78 Å². The van der Waals surface area contributed by atoms with Gasteiger partial charge in [0.2, 0.25) is 5.43 Å². The topological polar surface area (TPSA) is 81.3 Å². The van der Waals surface area contributed by atoms with E-state index in [4.69, 9.17) is 0 Å². The number of pyridine rings is 1. The number of benzene rings is 1. The van der Waals surface area contributed by atoms with Crippen molar-refractivity contribution in [2.75, 3.05) is 0 Å². The summed E-state index contributed by atoms with van der Waals surface area (Å²) < 4.78 is 3.26. The van der Waals surface area contributed by atoms with E-state index in [0.29, 0.717) is 28.9 Å². The standard InChI is InChI=1S/C19H18N2O4/c1-4-21-10-13(19(24)25)18(23)16-15(21)14(11(2)20(16)3)17(22)12-8-6-5-7-9-12/h5-10H,4H2,1-3H3,(H,24,25). The Morgan fingerprint density at radius 1 is 1.12 bits per heavy atom. The maximum atomic E-state index is 13.0. The van der Waals surface area contributed by atoms with Crippen LogP contribution in [0.5, 0.6) is 0 Å². The number of aryl methyl sites for hydroxylation is 2. The number of aromatic carboxylic acids is 1. The minimum atomic E-state index is -1.27. The lowest BCUT2D eigenvalue weighted by atomic mass is 10.0. The Morgan fingerprint density at radius 3 is 2.32 bits per heavy atom. The summed E-state index contributed by atoms with van der Waals surface area (Å²) in [5, 5.41) is 9.31. The zero-order valence-electron chi connectivity index (χ0n) is 14.2. The van der Waals surface area contributed by atoms with E-state index in [2.05, 4.69) is 0 Å². The van der Waals surface area contributed by atoms with Crippen LogP contribution < -0.4 is 5.43 Å². The molecule has 0 spiro atoms. The molecule has 6 heteroatoms. The highest BCUT2D eigenvalue weighted by molar-refractivity contribution is 6.17. The lowest BCUT2D eigenvalue weighted by Gasteiger charge is -2.09. The van der Waals surface area contributed by atoms with Crippen LogP contribution in [0.4, 0.5) is 0 Å². The summed E-state index contributed by atoms with van der Waals surface area (Å²) in [6.07, 6.45) is 1.31. The van der Waals surface area contributed by atoms with Crippen molar-refractivity contribution in [1.29, 1.82) is 0 Å². The van der Waals surface area contributed by atoms with Crippen LogP contribution in [0.25, 0.3) is 11.0 Å². The van der Waals surface area contributed by atoms with Crippen LogP contribution in [-0.2, 0) is 13.6 Å². The molecule has 2 aromatic heterocycles. The van der Waals surface area contributed by atoms with Crippen molar-refractivity contribution in [1.82, 2.24) is 9.13 Å². The highest BCUT2D eigenvalue weighted by Crippen LogP contribution is 2.26. The number of rotatable bonds is 4. The van der Waals surface area contributed by atoms with Gasteiger partial charge in [0.05, 0.1) is 11.1 Å². The van der Waals surface area contributed by atoms with E-state index in [1.54, 1.807) is 47.4 Å². The highest BCUT2D eigenvalue weighted by Gasteiger charge is 2.26. The molecule has 0 saturated carbocycles. The number of carbonyl (C=O) groups is 2. The van der Waals surface area contributed by atoms with Gasteiger partial charge >= 0.3 is 5.97 Å². The van der Waals surface area contributed by atoms with Gasteiger partial charge in [-0.25, -0.2) is 4.79 Å². The monoisotopic (exact) mass is 338 g/mol. The maximum absolute atomic E-state index is 13.0. The lowest BCUT2D eigenvalue weighted by molar-refractivity contribution is 0.0694. The number of carbonyl (C=O) groups excluding carboxylic acids is 1. The summed E-state index contributed by atoms with van der Waals surface area (Å²) in [4.78, 5) is 37.1. The first-order valence-corrected chi connectivity index (χ1v) is 7.93. The van der Waals surface area contributed by atoms with Gasteiger partial charge in [0, 0.05) is 31.0 Å². The zero-order valence-corrected chi connectivity index (χ0v) is 14.2. The molecule has 0 fully saturated rings. The van der Waals surface area contributed by atoms with Crippen molar-refractivity contribution in [3.8, 4) is 0 Å². The molecule has 0 unspecified atom stereocenters. The van der Waals surface area contributed by atoms with E-state index in [1.165, 1.54) is 6.20 Å². The minimum absolute atomic E-state index is 0.187. The van der Waals surface area contributed by atoms with Gasteiger partial charge in [0.1, 0.15) is 11.1 Å². The van der Waals surface area contributed by atoms with Crippen LogP contribution in [0, 0.1) is 6.92 Å². The zero-order chi connectivity index (χ0) is 18.3. The fourth-order valence-corrected chi connectivity index (χ4v) is 3.14. The van der Waals surface area contributed by atoms with E-state index in [-0.39, 0.29) is 16.9 Å². The van der Waals surface area contributed by atoms with E-state index in [1.807, 2.05) is 13.0 Å². The first-order chi connectivity index (χ1) is 11.9. The largest absolute Gasteiger partial charge is 0.477 e. The summed E-state index contributed by atoms with van der Waals surface area (Å²) in [7, 11) is 1.67. The predicted octanol–water partition coefficient (Wildman–Crippen LogP) is 2.60. The minimum Gasteiger partial charge on any atom is -0.477 e. The number of ketones is 1. The molecule has 2 heterocycles. The van der Waals surface area contributed by atoms with Crippen LogP contribution in [0.1, 0.15) is 38.9 Å². The molecule has 0 aliphatic heterocycles. The molecule has 0 aliphatic rings. The second-order valence-electron chi connectivity index (χ2n) is 5.87. The Hall–Kier alpha value is -3.15. The predicted molar refractivity (Wildman–Crippen MR) is 94.4 cm³/mol. The Bertz CT molecular complexity index is 1060. The third-order valence-electron chi connectivity index (χ3n) is 4.53. The van der Waals surface area contributed by atoms with Crippen molar-refractivity contribution in [3.05, 3.63) is 69.1 Å². The van der Waals surface area contributed by atoms with Gasteiger partial charge in [0.25, 0.3) is 0 Å². The number of hydrogen-bond donors (Lipinski definition) is 1. The molecule has 1 aromatic carbocycles. The number of hydrogen-bond acceptors (Lipinski definition) is 3. The molecule has 128 valence electrons. The molecular formula is C19H18N2O4. The van der Waals surface area contributed by atoms with Gasteiger partial charge < -0.3 is 14.2 Å². The Labute approximate surface area is 143 Å². The highest BCUT2D eigenvalue weighted by atomic mass is 16.4. The van der Waals surface area contributed by atoms with E-state index in [9.17, 15) is 19.5 Å². The Morgan fingerprint density at radius 2 is 1.76 bits per heavy atom. The molecule has 0 bridgehead atoms.